The highest BCUT2D eigenvalue weighted by molar-refractivity contribution is 5.74. The zero-order chi connectivity index (χ0) is 16.9. The molecule has 8 heteroatoms. The number of rotatable bonds is 5. The molecule has 0 saturated heterocycles. The van der Waals surface area contributed by atoms with Crippen molar-refractivity contribution in [3.63, 3.8) is 0 Å². The first-order valence-electron chi connectivity index (χ1n) is 7.53. The molecule has 0 radical (unpaired) electrons. The lowest BCUT2D eigenvalue weighted by Crippen LogP contribution is -2.37. The smallest absolute Gasteiger partial charge is 0.315 e. The molecule has 2 heterocycles. The van der Waals surface area contributed by atoms with Gasteiger partial charge in [-0.2, -0.15) is 4.98 Å². The van der Waals surface area contributed by atoms with Gasteiger partial charge in [0.1, 0.15) is 5.82 Å². The first-order valence-corrected chi connectivity index (χ1v) is 7.53. The van der Waals surface area contributed by atoms with Gasteiger partial charge in [0.05, 0.1) is 12.6 Å². The summed E-state index contributed by atoms with van der Waals surface area (Å²) in [7, 11) is 1.87. The first-order chi connectivity index (χ1) is 11.6. The average Bonchev–Trinajstić information content (AvgIpc) is 3.23. The first kappa shape index (κ1) is 15.7. The minimum absolute atomic E-state index is 0.323. The summed E-state index contributed by atoms with van der Waals surface area (Å²) in [6.45, 7) is 2.13. The highest BCUT2D eigenvalue weighted by Gasteiger charge is 2.17. The number of hydrogen-bond acceptors (Lipinski definition) is 5. The van der Waals surface area contributed by atoms with Gasteiger partial charge in [-0.3, -0.25) is 0 Å². The third-order valence-corrected chi connectivity index (χ3v) is 3.53. The molecule has 0 aliphatic heterocycles. The molecule has 2 amide bonds. The van der Waals surface area contributed by atoms with Crippen LogP contribution in [0.25, 0.3) is 11.5 Å². The summed E-state index contributed by atoms with van der Waals surface area (Å²) < 4.78 is 7.08. The zero-order valence-electron chi connectivity index (χ0n) is 13.4. The number of hydrogen-bond donors (Lipinski definition) is 2. The topological polar surface area (TPSA) is 97.9 Å². The van der Waals surface area contributed by atoms with E-state index in [1.54, 1.807) is 13.1 Å². The molecule has 0 bridgehead atoms. The molecule has 3 aromatic rings. The van der Waals surface area contributed by atoms with Crippen molar-refractivity contribution in [2.75, 3.05) is 0 Å². The predicted molar refractivity (Wildman–Crippen MR) is 86.7 cm³/mol. The lowest BCUT2D eigenvalue weighted by molar-refractivity contribution is 0.236. The van der Waals surface area contributed by atoms with Crippen molar-refractivity contribution in [1.29, 1.82) is 0 Å². The molecule has 8 nitrogen and oxygen atoms in total. The molecule has 0 unspecified atom stereocenters. The molecule has 124 valence electrons. The minimum atomic E-state index is -0.382. The zero-order valence-corrected chi connectivity index (χ0v) is 13.4. The van der Waals surface area contributed by atoms with Crippen LogP contribution in [-0.2, 0) is 13.6 Å². The highest BCUT2D eigenvalue weighted by atomic mass is 16.5. The van der Waals surface area contributed by atoms with Crippen molar-refractivity contribution < 1.29 is 9.32 Å². The van der Waals surface area contributed by atoms with Crippen molar-refractivity contribution in [2.24, 2.45) is 7.05 Å². The van der Waals surface area contributed by atoms with Crippen molar-refractivity contribution in [2.45, 2.75) is 19.5 Å². The van der Waals surface area contributed by atoms with Crippen LogP contribution in [0.2, 0.25) is 0 Å². The van der Waals surface area contributed by atoms with E-state index in [-0.39, 0.29) is 12.1 Å². The molecular weight excluding hydrogens is 308 g/mol. The summed E-state index contributed by atoms with van der Waals surface area (Å²) in [5, 5.41) is 9.44. The summed E-state index contributed by atoms with van der Waals surface area (Å²) in [4.78, 5) is 20.4. The van der Waals surface area contributed by atoms with Gasteiger partial charge in [-0.1, -0.05) is 23.4 Å². The molecule has 3 rings (SSSR count). The summed E-state index contributed by atoms with van der Waals surface area (Å²) in [5.74, 6) is 1.61. The van der Waals surface area contributed by atoms with Crippen LogP contribution >= 0.6 is 0 Å². The Morgan fingerprint density at radius 1 is 1.33 bits per heavy atom. The van der Waals surface area contributed by atoms with Gasteiger partial charge >= 0.3 is 6.03 Å². The number of benzene rings is 1. The van der Waals surface area contributed by atoms with Crippen molar-refractivity contribution in [3.05, 3.63) is 54.4 Å². The number of aromatic nitrogens is 4. The molecule has 0 aliphatic rings. The Balaban J connectivity index is 1.57. The van der Waals surface area contributed by atoms with Gasteiger partial charge in [0.15, 0.2) is 5.82 Å². The minimum Gasteiger partial charge on any atom is -0.337 e. The number of aryl methyl sites for hydroxylation is 1. The highest BCUT2D eigenvalue weighted by Crippen LogP contribution is 2.18. The van der Waals surface area contributed by atoms with E-state index >= 15 is 0 Å². The fourth-order valence-corrected chi connectivity index (χ4v) is 2.15. The van der Waals surface area contributed by atoms with Crippen LogP contribution in [0.15, 0.2) is 47.2 Å². The number of carbonyl (C=O) groups is 1. The molecule has 1 aromatic carbocycles. The summed E-state index contributed by atoms with van der Waals surface area (Å²) >= 11 is 0. The van der Waals surface area contributed by atoms with Crippen LogP contribution in [0.5, 0.6) is 0 Å². The molecule has 0 spiro atoms. The lowest BCUT2D eigenvalue weighted by Gasteiger charge is -2.11. The summed E-state index contributed by atoms with van der Waals surface area (Å²) in [5.41, 5.74) is 0.836. The van der Waals surface area contributed by atoms with Gasteiger partial charge in [0, 0.05) is 25.0 Å². The van der Waals surface area contributed by atoms with Crippen LogP contribution in [0.1, 0.15) is 24.6 Å². The second kappa shape index (κ2) is 6.95. The molecule has 1 atom stereocenters. The van der Waals surface area contributed by atoms with Gasteiger partial charge in [-0.25, -0.2) is 9.78 Å². The van der Waals surface area contributed by atoms with Crippen molar-refractivity contribution in [1.82, 2.24) is 30.3 Å². The van der Waals surface area contributed by atoms with E-state index < -0.39 is 0 Å². The van der Waals surface area contributed by atoms with Crippen LogP contribution in [0, 0.1) is 0 Å². The van der Waals surface area contributed by atoms with Crippen molar-refractivity contribution >= 4 is 6.03 Å². The largest absolute Gasteiger partial charge is 0.337 e. The maximum atomic E-state index is 12.0. The summed E-state index contributed by atoms with van der Waals surface area (Å²) in [6.07, 6.45) is 3.50. The summed E-state index contributed by atoms with van der Waals surface area (Å²) in [6, 6.07) is 8.77. The number of nitrogens with one attached hydrogen (secondary N) is 2. The van der Waals surface area contributed by atoms with Gasteiger partial charge in [-0.15, -0.1) is 0 Å². The monoisotopic (exact) mass is 326 g/mol. The molecule has 0 aliphatic carbocycles. The Hall–Kier alpha value is -3.16. The number of carbonyl (C=O) groups excluding carboxylic acids is 1. The lowest BCUT2D eigenvalue weighted by atomic mass is 10.2. The van der Waals surface area contributed by atoms with E-state index in [4.69, 9.17) is 4.52 Å². The number of urea groups is 1. The molecular formula is C16H18N6O2. The Morgan fingerprint density at radius 2 is 2.12 bits per heavy atom. The molecule has 2 N–H and O–H groups in total. The van der Waals surface area contributed by atoms with Crippen LogP contribution in [0.4, 0.5) is 4.79 Å². The Kier molecular flexibility index (Phi) is 4.55. The van der Waals surface area contributed by atoms with Gasteiger partial charge in [0.2, 0.25) is 0 Å². The van der Waals surface area contributed by atoms with E-state index in [0.717, 1.165) is 11.4 Å². The second-order valence-electron chi connectivity index (χ2n) is 5.33. The van der Waals surface area contributed by atoms with Crippen LogP contribution in [-0.4, -0.2) is 25.7 Å². The van der Waals surface area contributed by atoms with E-state index in [0.29, 0.717) is 18.3 Å². The van der Waals surface area contributed by atoms with Gasteiger partial charge in [0.25, 0.3) is 5.89 Å². The second-order valence-corrected chi connectivity index (χ2v) is 5.33. The van der Waals surface area contributed by atoms with E-state index in [2.05, 4.69) is 25.8 Å². The van der Waals surface area contributed by atoms with Gasteiger partial charge < -0.3 is 19.7 Å². The number of nitrogens with zero attached hydrogens (tertiary/aromatic N) is 4. The molecule has 2 aromatic heterocycles. The van der Waals surface area contributed by atoms with Gasteiger partial charge in [-0.05, 0) is 19.1 Å². The fraction of sp³-hybridized carbons (Fsp3) is 0.250. The van der Waals surface area contributed by atoms with Crippen molar-refractivity contribution in [3.8, 4) is 11.5 Å². The normalized spacial score (nSPS) is 11.9. The van der Waals surface area contributed by atoms with E-state index in [1.807, 2.05) is 48.1 Å². The SMILES string of the molecule is C[C@H](NC(=O)NCc1nccn1C)c1noc(-c2ccccc2)n1. The maximum Gasteiger partial charge on any atom is 0.315 e. The molecule has 0 saturated carbocycles. The van der Waals surface area contributed by atoms with E-state index in [9.17, 15) is 4.79 Å². The van der Waals surface area contributed by atoms with Crippen LogP contribution < -0.4 is 10.6 Å². The van der Waals surface area contributed by atoms with E-state index in [1.165, 1.54) is 0 Å². The fourth-order valence-electron chi connectivity index (χ4n) is 2.15. The maximum absolute atomic E-state index is 12.0. The third-order valence-electron chi connectivity index (χ3n) is 3.53. The van der Waals surface area contributed by atoms with Crippen LogP contribution in [0.3, 0.4) is 0 Å². The number of imidazole rings is 1. The standard InChI is InChI=1S/C16H18N6O2/c1-11(19-16(23)18-10-13-17-8-9-22(13)2)14-20-15(24-21-14)12-6-4-3-5-7-12/h3-9,11H,10H2,1-2H3,(H2,18,19,23)/t11-/m0/s1. The molecule has 0 fully saturated rings. The third kappa shape index (κ3) is 3.60. The Labute approximate surface area is 138 Å². The average molecular weight is 326 g/mol. The quantitative estimate of drug-likeness (QED) is 0.747. The Bertz CT molecular complexity index is 811. The molecule has 24 heavy (non-hydrogen) atoms. The Morgan fingerprint density at radius 3 is 2.83 bits per heavy atom. The number of amides is 2. The predicted octanol–water partition coefficient (Wildman–Crippen LogP) is 2.03.